The van der Waals surface area contributed by atoms with Crippen LogP contribution in [0.15, 0.2) is 53.0 Å². The molecule has 2 rings (SSSR count). The zero-order valence-electron chi connectivity index (χ0n) is 11.5. The zero-order chi connectivity index (χ0) is 14.4. The summed E-state index contributed by atoms with van der Waals surface area (Å²) in [4.78, 5) is 0. The number of methoxy groups -OCH3 is 1. The molecule has 0 amide bonds. The number of halogens is 2. The molecule has 1 unspecified atom stereocenters. The molecule has 0 N–H and O–H groups in total. The highest BCUT2D eigenvalue weighted by Gasteiger charge is 2.11. The van der Waals surface area contributed by atoms with Gasteiger partial charge in [-0.3, -0.25) is 0 Å². The molecule has 20 heavy (non-hydrogen) atoms. The second kappa shape index (κ2) is 7.84. The fourth-order valence-corrected chi connectivity index (χ4v) is 3.34. The molecule has 0 aliphatic rings. The van der Waals surface area contributed by atoms with Crippen LogP contribution in [0.4, 0.5) is 0 Å². The van der Waals surface area contributed by atoms with Gasteiger partial charge in [0.15, 0.2) is 0 Å². The van der Waals surface area contributed by atoms with Gasteiger partial charge in [0.1, 0.15) is 5.75 Å². The van der Waals surface area contributed by atoms with Crippen LogP contribution in [0.3, 0.4) is 0 Å². The van der Waals surface area contributed by atoms with Gasteiger partial charge in [-0.15, -0.1) is 0 Å². The van der Waals surface area contributed by atoms with Gasteiger partial charge < -0.3 is 4.74 Å². The van der Waals surface area contributed by atoms with Crippen molar-refractivity contribution in [2.45, 2.75) is 12.8 Å². The van der Waals surface area contributed by atoms with E-state index in [1.807, 2.05) is 6.07 Å². The lowest BCUT2D eigenvalue weighted by atomic mass is 9.94. The third kappa shape index (κ3) is 4.35. The lowest BCUT2D eigenvalue weighted by molar-refractivity contribution is 0.412. The van der Waals surface area contributed by atoms with Crippen LogP contribution in [-0.4, -0.2) is 12.4 Å². The lowest BCUT2D eigenvalue weighted by Crippen LogP contribution is -2.10. The highest BCUT2D eigenvalue weighted by atomic mass is 79.9. The number of hydrogen-bond donors (Lipinski definition) is 0. The van der Waals surface area contributed by atoms with Crippen LogP contribution in [0.25, 0.3) is 0 Å². The van der Waals surface area contributed by atoms with E-state index >= 15 is 0 Å². The molecule has 1 atom stereocenters. The molecule has 0 radical (unpaired) electrons. The van der Waals surface area contributed by atoms with Crippen LogP contribution in [0.2, 0.25) is 0 Å². The van der Waals surface area contributed by atoms with E-state index in [0.29, 0.717) is 5.92 Å². The quantitative estimate of drug-likeness (QED) is 0.604. The lowest BCUT2D eigenvalue weighted by Gasteiger charge is -2.15. The van der Waals surface area contributed by atoms with E-state index in [-0.39, 0.29) is 0 Å². The fourth-order valence-electron chi connectivity index (χ4n) is 2.30. The first kappa shape index (κ1) is 15.6. The average Bonchev–Trinajstić information content (AvgIpc) is 2.48. The maximum Gasteiger partial charge on any atom is 0.133 e. The summed E-state index contributed by atoms with van der Waals surface area (Å²) in [7, 11) is 1.69. The molecular formula is C17H18Br2O. The molecule has 0 fully saturated rings. The molecule has 0 aliphatic heterocycles. The van der Waals surface area contributed by atoms with Crippen LogP contribution in [-0.2, 0) is 12.8 Å². The fraction of sp³-hybridized carbons (Fsp3) is 0.294. The Labute approximate surface area is 137 Å². The third-order valence-corrected chi connectivity index (χ3v) is 4.86. The largest absolute Gasteiger partial charge is 0.496 e. The Balaban J connectivity index is 2.04. The minimum Gasteiger partial charge on any atom is -0.496 e. The topological polar surface area (TPSA) is 9.23 Å². The van der Waals surface area contributed by atoms with Crippen molar-refractivity contribution in [1.29, 1.82) is 0 Å². The van der Waals surface area contributed by atoms with E-state index in [1.54, 1.807) is 7.11 Å². The maximum absolute atomic E-state index is 5.27. The number of ether oxygens (including phenoxy) is 1. The molecule has 2 aromatic rings. The van der Waals surface area contributed by atoms with Gasteiger partial charge >= 0.3 is 0 Å². The molecular weight excluding hydrogens is 380 g/mol. The van der Waals surface area contributed by atoms with Crippen molar-refractivity contribution in [2.75, 3.05) is 12.4 Å². The Bertz CT molecular complexity index is 540. The van der Waals surface area contributed by atoms with Gasteiger partial charge in [-0.25, -0.2) is 0 Å². The molecule has 0 saturated carbocycles. The van der Waals surface area contributed by atoms with Gasteiger partial charge in [0, 0.05) is 5.33 Å². The van der Waals surface area contributed by atoms with Gasteiger partial charge in [-0.1, -0.05) is 52.3 Å². The zero-order valence-corrected chi connectivity index (χ0v) is 14.7. The molecule has 0 bridgehead atoms. The third-order valence-electron chi connectivity index (χ3n) is 3.33. The van der Waals surface area contributed by atoms with Gasteiger partial charge in [-0.2, -0.15) is 0 Å². The number of benzene rings is 2. The predicted molar refractivity (Wildman–Crippen MR) is 91.8 cm³/mol. The minimum absolute atomic E-state index is 0.595. The molecule has 0 aromatic heterocycles. The van der Waals surface area contributed by atoms with Crippen LogP contribution >= 0.6 is 31.9 Å². The van der Waals surface area contributed by atoms with E-state index in [1.165, 1.54) is 11.1 Å². The van der Waals surface area contributed by atoms with E-state index in [9.17, 15) is 0 Å². The normalized spacial score (nSPS) is 12.2. The number of hydrogen-bond acceptors (Lipinski definition) is 1. The highest BCUT2D eigenvalue weighted by molar-refractivity contribution is 9.10. The summed E-state index contributed by atoms with van der Waals surface area (Å²) in [6.07, 6.45) is 2.15. The van der Waals surface area contributed by atoms with Crippen LogP contribution < -0.4 is 4.74 Å². The Morgan fingerprint density at radius 1 is 1.00 bits per heavy atom. The smallest absolute Gasteiger partial charge is 0.133 e. The Morgan fingerprint density at radius 3 is 2.30 bits per heavy atom. The molecule has 0 heterocycles. The average molecular weight is 398 g/mol. The molecule has 1 nitrogen and oxygen atoms in total. The second-order valence-corrected chi connectivity index (χ2v) is 6.38. The van der Waals surface area contributed by atoms with E-state index < -0.39 is 0 Å². The molecule has 3 heteroatoms. The minimum atomic E-state index is 0.595. The molecule has 0 saturated heterocycles. The first-order valence-corrected chi connectivity index (χ1v) is 8.56. The molecule has 0 spiro atoms. The van der Waals surface area contributed by atoms with Gasteiger partial charge in [0.05, 0.1) is 11.6 Å². The monoisotopic (exact) mass is 396 g/mol. The predicted octanol–water partition coefficient (Wildman–Crippen LogP) is 5.25. The standard InChI is InChI=1S/C17H18Br2O/c1-20-17-8-7-14(11-16(17)19)10-15(12-18)9-13-5-3-2-4-6-13/h2-8,11,15H,9-10,12H2,1H3. The highest BCUT2D eigenvalue weighted by Crippen LogP contribution is 2.27. The van der Waals surface area contributed by atoms with Crippen molar-refractivity contribution in [3.05, 3.63) is 64.1 Å². The van der Waals surface area contributed by atoms with Crippen molar-refractivity contribution in [3.63, 3.8) is 0 Å². The summed E-state index contributed by atoms with van der Waals surface area (Å²) in [5, 5.41) is 1.01. The van der Waals surface area contributed by atoms with Crippen molar-refractivity contribution in [2.24, 2.45) is 5.92 Å². The first-order chi connectivity index (χ1) is 9.72. The Hall–Kier alpha value is -0.800. The van der Waals surface area contributed by atoms with Crippen molar-refractivity contribution in [1.82, 2.24) is 0 Å². The Kier molecular flexibility index (Phi) is 6.11. The van der Waals surface area contributed by atoms with Crippen LogP contribution in [0, 0.1) is 5.92 Å². The molecule has 2 aromatic carbocycles. The summed E-state index contributed by atoms with van der Waals surface area (Å²) < 4.78 is 6.29. The molecule has 0 aliphatic carbocycles. The van der Waals surface area contributed by atoms with E-state index in [2.05, 4.69) is 74.3 Å². The summed E-state index contributed by atoms with van der Waals surface area (Å²) in [5.41, 5.74) is 2.72. The SMILES string of the molecule is COc1ccc(CC(CBr)Cc2ccccc2)cc1Br. The van der Waals surface area contributed by atoms with Crippen LogP contribution in [0.5, 0.6) is 5.75 Å². The van der Waals surface area contributed by atoms with E-state index in [4.69, 9.17) is 4.74 Å². The van der Waals surface area contributed by atoms with Gasteiger partial charge in [-0.05, 0) is 57.9 Å². The van der Waals surface area contributed by atoms with Crippen molar-refractivity contribution >= 4 is 31.9 Å². The summed E-state index contributed by atoms with van der Waals surface area (Å²) >= 11 is 7.19. The molecule has 106 valence electrons. The van der Waals surface area contributed by atoms with Crippen molar-refractivity contribution < 1.29 is 4.74 Å². The van der Waals surface area contributed by atoms with E-state index in [0.717, 1.165) is 28.4 Å². The van der Waals surface area contributed by atoms with Gasteiger partial charge in [0.25, 0.3) is 0 Å². The van der Waals surface area contributed by atoms with Crippen LogP contribution in [0.1, 0.15) is 11.1 Å². The van der Waals surface area contributed by atoms with Gasteiger partial charge in [0.2, 0.25) is 0 Å². The Morgan fingerprint density at radius 2 is 1.70 bits per heavy atom. The summed E-state index contributed by atoms with van der Waals surface area (Å²) in [6, 6.07) is 17.0. The second-order valence-electron chi connectivity index (χ2n) is 4.88. The summed E-state index contributed by atoms with van der Waals surface area (Å²) in [6.45, 7) is 0. The summed E-state index contributed by atoms with van der Waals surface area (Å²) in [5.74, 6) is 1.48. The number of rotatable bonds is 6. The maximum atomic E-state index is 5.27. The van der Waals surface area contributed by atoms with Crippen molar-refractivity contribution in [3.8, 4) is 5.75 Å². The number of alkyl halides is 1. The first-order valence-electron chi connectivity index (χ1n) is 6.65.